The van der Waals surface area contributed by atoms with Crippen LogP contribution in [-0.4, -0.2) is 33.3 Å². The number of ether oxygens (including phenoxy) is 1. The van der Waals surface area contributed by atoms with Gasteiger partial charge in [-0.2, -0.15) is 5.10 Å². The highest BCUT2D eigenvalue weighted by atomic mass is 16.5. The van der Waals surface area contributed by atoms with Crippen molar-refractivity contribution in [3.63, 3.8) is 0 Å². The van der Waals surface area contributed by atoms with Crippen molar-refractivity contribution in [1.82, 2.24) is 19.7 Å². The predicted molar refractivity (Wildman–Crippen MR) is 101 cm³/mol. The average molecular weight is 348 g/mol. The van der Waals surface area contributed by atoms with Crippen LogP contribution in [0.3, 0.4) is 0 Å². The van der Waals surface area contributed by atoms with Gasteiger partial charge in [0.25, 0.3) is 0 Å². The zero-order chi connectivity index (χ0) is 17.8. The standard InChI is InChI=1S/C21H24N4O/c1-26-18-9-10-20(25-14-6-12-23-25)17(15-18)16-24-13-5-3-8-21(24)19-7-2-4-11-22-19/h2,4,6-7,9-12,14-15,21H,3,5,8,13,16H2,1H3/t21-/m1/s1. The molecule has 0 amide bonds. The maximum atomic E-state index is 5.47. The van der Waals surface area contributed by atoms with Crippen molar-refractivity contribution in [3.05, 3.63) is 72.3 Å². The van der Waals surface area contributed by atoms with Gasteiger partial charge in [-0.15, -0.1) is 0 Å². The summed E-state index contributed by atoms with van der Waals surface area (Å²) in [5.74, 6) is 0.877. The molecule has 4 rings (SSSR count). The normalized spacial score (nSPS) is 18.0. The summed E-state index contributed by atoms with van der Waals surface area (Å²) in [7, 11) is 1.71. The van der Waals surface area contributed by atoms with E-state index in [1.807, 2.05) is 41.5 Å². The third-order valence-electron chi connectivity index (χ3n) is 5.05. The first-order valence-electron chi connectivity index (χ1n) is 9.17. The van der Waals surface area contributed by atoms with Crippen molar-refractivity contribution in [3.8, 4) is 11.4 Å². The lowest BCUT2D eigenvalue weighted by Gasteiger charge is -2.35. The minimum atomic E-state index is 0.363. The van der Waals surface area contributed by atoms with Crippen molar-refractivity contribution >= 4 is 0 Å². The molecule has 0 N–H and O–H groups in total. The lowest BCUT2D eigenvalue weighted by molar-refractivity contribution is 0.137. The third kappa shape index (κ3) is 3.48. The molecule has 5 heteroatoms. The van der Waals surface area contributed by atoms with Crippen LogP contribution in [0.15, 0.2) is 61.1 Å². The van der Waals surface area contributed by atoms with E-state index in [2.05, 4.69) is 39.2 Å². The molecule has 3 heterocycles. The highest BCUT2D eigenvalue weighted by molar-refractivity contribution is 5.45. The molecule has 1 aromatic carbocycles. The van der Waals surface area contributed by atoms with Crippen molar-refractivity contribution in [2.45, 2.75) is 31.8 Å². The van der Waals surface area contributed by atoms with Crippen LogP contribution in [-0.2, 0) is 6.54 Å². The van der Waals surface area contributed by atoms with Crippen molar-refractivity contribution in [1.29, 1.82) is 0 Å². The molecular weight excluding hydrogens is 324 g/mol. The molecule has 1 aliphatic heterocycles. The SMILES string of the molecule is COc1ccc(-n2cccn2)c(CN2CCCC[C@@H]2c2ccccn2)c1. The Morgan fingerprint density at radius 2 is 2.08 bits per heavy atom. The van der Waals surface area contributed by atoms with Crippen LogP contribution in [0.4, 0.5) is 0 Å². The molecule has 5 nitrogen and oxygen atoms in total. The van der Waals surface area contributed by atoms with E-state index in [1.165, 1.54) is 18.4 Å². The highest BCUT2D eigenvalue weighted by Gasteiger charge is 2.25. The van der Waals surface area contributed by atoms with E-state index in [0.717, 1.165) is 36.6 Å². The largest absolute Gasteiger partial charge is 0.497 e. The van der Waals surface area contributed by atoms with Crippen LogP contribution in [0.2, 0.25) is 0 Å². The van der Waals surface area contributed by atoms with Crippen molar-refractivity contribution in [2.75, 3.05) is 13.7 Å². The maximum absolute atomic E-state index is 5.47. The van der Waals surface area contributed by atoms with Gasteiger partial charge in [0.15, 0.2) is 0 Å². The molecule has 3 aromatic rings. The Labute approximate surface area is 154 Å². The van der Waals surface area contributed by atoms with E-state index < -0.39 is 0 Å². The highest BCUT2D eigenvalue weighted by Crippen LogP contribution is 2.32. The van der Waals surface area contributed by atoms with Gasteiger partial charge in [0.1, 0.15) is 5.75 Å². The molecule has 1 aliphatic rings. The molecule has 1 fully saturated rings. The third-order valence-corrected chi connectivity index (χ3v) is 5.05. The second kappa shape index (κ2) is 7.70. The fourth-order valence-corrected chi connectivity index (χ4v) is 3.76. The van der Waals surface area contributed by atoms with Gasteiger partial charge >= 0.3 is 0 Å². The van der Waals surface area contributed by atoms with Gasteiger partial charge in [0, 0.05) is 25.1 Å². The fourth-order valence-electron chi connectivity index (χ4n) is 3.76. The van der Waals surface area contributed by atoms with Crippen molar-refractivity contribution in [2.24, 2.45) is 0 Å². The lowest BCUT2D eigenvalue weighted by Crippen LogP contribution is -2.33. The number of piperidine rings is 1. The molecule has 1 atom stereocenters. The molecular formula is C21H24N4O. The monoisotopic (exact) mass is 348 g/mol. The first-order chi connectivity index (χ1) is 12.8. The van der Waals surface area contributed by atoms with Gasteiger partial charge in [-0.05, 0) is 61.3 Å². The summed E-state index contributed by atoms with van der Waals surface area (Å²) in [6.07, 6.45) is 9.32. The number of aromatic nitrogens is 3. The number of benzene rings is 1. The summed E-state index contributed by atoms with van der Waals surface area (Å²) < 4.78 is 7.39. The summed E-state index contributed by atoms with van der Waals surface area (Å²) in [4.78, 5) is 7.15. The quantitative estimate of drug-likeness (QED) is 0.699. The molecule has 0 unspecified atom stereocenters. The fraction of sp³-hybridized carbons (Fsp3) is 0.333. The van der Waals surface area contributed by atoms with Gasteiger partial charge in [-0.3, -0.25) is 9.88 Å². The Morgan fingerprint density at radius 1 is 1.12 bits per heavy atom. The smallest absolute Gasteiger partial charge is 0.119 e. The van der Waals surface area contributed by atoms with Gasteiger partial charge in [0.2, 0.25) is 0 Å². The van der Waals surface area contributed by atoms with Crippen LogP contribution in [0.1, 0.15) is 36.6 Å². The van der Waals surface area contributed by atoms with Gasteiger partial charge in [-0.25, -0.2) is 4.68 Å². The number of hydrogen-bond donors (Lipinski definition) is 0. The van der Waals surface area contributed by atoms with E-state index in [1.54, 1.807) is 7.11 Å². The van der Waals surface area contributed by atoms with Crippen LogP contribution < -0.4 is 4.74 Å². The molecule has 134 valence electrons. The zero-order valence-electron chi connectivity index (χ0n) is 15.1. The van der Waals surface area contributed by atoms with E-state index in [0.29, 0.717) is 6.04 Å². The molecule has 0 saturated carbocycles. The lowest BCUT2D eigenvalue weighted by atomic mass is 9.97. The molecule has 0 radical (unpaired) electrons. The van der Waals surface area contributed by atoms with Gasteiger partial charge in [0.05, 0.1) is 24.5 Å². The summed E-state index contributed by atoms with van der Waals surface area (Å²) >= 11 is 0. The van der Waals surface area contributed by atoms with E-state index >= 15 is 0 Å². The topological polar surface area (TPSA) is 43.2 Å². The second-order valence-corrected chi connectivity index (χ2v) is 6.68. The number of rotatable bonds is 5. The summed E-state index contributed by atoms with van der Waals surface area (Å²) in [5.41, 5.74) is 3.48. The van der Waals surface area contributed by atoms with Crippen LogP contribution in [0.25, 0.3) is 5.69 Å². The Kier molecular flexibility index (Phi) is 4.97. The summed E-state index contributed by atoms with van der Waals surface area (Å²) in [5, 5.41) is 4.42. The molecule has 0 bridgehead atoms. The van der Waals surface area contributed by atoms with E-state index in [-0.39, 0.29) is 0 Å². The van der Waals surface area contributed by atoms with Gasteiger partial charge < -0.3 is 4.74 Å². The second-order valence-electron chi connectivity index (χ2n) is 6.68. The van der Waals surface area contributed by atoms with Gasteiger partial charge in [-0.1, -0.05) is 12.5 Å². The Balaban J connectivity index is 1.66. The molecule has 26 heavy (non-hydrogen) atoms. The first-order valence-corrected chi connectivity index (χ1v) is 9.17. The van der Waals surface area contributed by atoms with Crippen LogP contribution in [0.5, 0.6) is 5.75 Å². The van der Waals surface area contributed by atoms with Crippen molar-refractivity contribution < 1.29 is 4.74 Å². The van der Waals surface area contributed by atoms with E-state index in [4.69, 9.17) is 4.74 Å². The molecule has 1 saturated heterocycles. The Bertz CT molecular complexity index is 832. The Hall–Kier alpha value is -2.66. The van der Waals surface area contributed by atoms with E-state index in [9.17, 15) is 0 Å². The molecule has 2 aromatic heterocycles. The summed E-state index contributed by atoms with van der Waals surface area (Å²) in [6, 6.07) is 14.7. The number of hydrogen-bond acceptors (Lipinski definition) is 4. The molecule has 0 spiro atoms. The van der Waals surface area contributed by atoms with Crippen LogP contribution in [0, 0.1) is 0 Å². The minimum absolute atomic E-state index is 0.363. The zero-order valence-corrected chi connectivity index (χ0v) is 15.1. The number of likely N-dealkylation sites (tertiary alicyclic amines) is 1. The minimum Gasteiger partial charge on any atom is -0.497 e. The predicted octanol–water partition coefficient (Wildman–Crippen LogP) is 4.00. The summed E-state index contributed by atoms with van der Waals surface area (Å²) in [6.45, 7) is 1.94. The first kappa shape index (κ1) is 16.8. The number of nitrogens with zero attached hydrogens (tertiary/aromatic N) is 4. The van der Waals surface area contributed by atoms with Crippen LogP contribution >= 0.6 is 0 Å². The Morgan fingerprint density at radius 3 is 2.85 bits per heavy atom. The molecule has 0 aliphatic carbocycles. The number of methoxy groups -OCH3 is 1. The maximum Gasteiger partial charge on any atom is 0.119 e. The average Bonchev–Trinajstić information content (AvgIpc) is 3.23. The number of pyridine rings is 1.